The quantitative estimate of drug-likeness (QED) is 0.664. The van der Waals surface area contributed by atoms with E-state index in [2.05, 4.69) is 16.4 Å². The first-order valence-corrected chi connectivity index (χ1v) is 10.8. The van der Waals surface area contributed by atoms with E-state index >= 15 is 0 Å². The summed E-state index contributed by atoms with van der Waals surface area (Å²) in [5.41, 5.74) is 3.69. The fourth-order valence-corrected chi connectivity index (χ4v) is 5.55. The Labute approximate surface area is 178 Å². The van der Waals surface area contributed by atoms with Crippen LogP contribution in [0.15, 0.2) is 53.9 Å². The number of amides is 1. The van der Waals surface area contributed by atoms with Crippen molar-refractivity contribution in [1.82, 2.24) is 4.98 Å². The molecule has 0 saturated heterocycles. The lowest BCUT2D eigenvalue weighted by atomic mass is 9.54. The normalized spacial score (nSPS) is 24.2. The lowest BCUT2D eigenvalue weighted by Crippen LogP contribution is -2.49. The second-order valence-electron chi connectivity index (χ2n) is 8.21. The fourth-order valence-electron chi connectivity index (χ4n) is 4.83. The minimum atomic E-state index is -0.653. The Hall–Kier alpha value is -3.30. The van der Waals surface area contributed by atoms with E-state index in [4.69, 9.17) is 5.26 Å². The number of aromatic nitrogens is 1. The topological polar surface area (TPSA) is 82.8 Å². The number of benzene rings is 2. The molecule has 3 aliphatic rings. The van der Waals surface area contributed by atoms with Gasteiger partial charge in [-0.3, -0.25) is 9.59 Å². The highest BCUT2D eigenvalue weighted by atomic mass is 32.1. The van der Waals surface area contributed by atoms with Crippen LogP contribution >= 0.6 is 11.3 Å². The number of hydrogen-bond donors (Lipinski definition) is 1. The molecule has 0 aliphatic heterocycles. The van der Waals surface area contributed by atoms with Crippen molar-refractivity contribution in [2.75, 3.05) is 5.32 Å². The number of Topliss-reactive ketones (excluding diaryl/α,β-unsaturated/α-hetero) is 1. The molecule has 2 bridgehead atoms. The molecule has 6 rings (SSSR count). The van der Waals surface area contributed by atoms with E-state index in [9.17, 15) is 9.59 Å². The number of hydrogen-bond acceptors (Lipinski definition) is 5. The number of carbonyl (C=O) groups is 2. The molecule has 3 unspecified atom stereocenters. The summed E-state index contributed by atoms with van der Waals surface area (Å²) in [7, 11) is 0. The Morgan fingerprint density at radius 1 is 1.23 bits per heavy atom. The molecular weight excluding hydrogens is 394 g/mol. The van der Waals surface area contributed by atoms with Crippen molar-refractivity contribution >= 4 is 28.2 Å². The van der Waals surface area contributed by atoms with E-state index in [1.54, 1.807) is 12.1 Å². The van der Waals surface area contributed by atoms with Gasteiger partial charge in [-0.15, -0.1) is 11.3 Å². The van der Waals surface area contributed by atoms with Gasteiger partial charge in [-0.05, 0) is 29.7 Å². The van der Waals surface area contributed by atoms with Gasteiger partial charge < -0.3 is 5.32 Å². The van der Waals surface area contributed by atoms with Crippen LogP contribution in [0, 0.1) is 16.7 Å². The third-order valence-electron chi connectivity index (χ3n) is 6.47. The lowest BCUT2D eigenvalue weighted by molar-refractivity contribution is -0.134. The standard InChI is InChI=1S/C24H19N3O2S/c1-24(11-18-16-7-2-3-8-17(16)19(24)10-21(18)28)22(29)27-23-26-20(13-30-23)15-6-4-5-14(9-15)12-25/h2-9,13,18-19H,10-11H2,1H3,(H,26,27,29). The van der Waals surface area contributed by atoms with Crippen molar-refractivity contribution in [3.63, 3.8) is 0 Å². The molecule has 1 heterocycles. The summed E-state index contributed by atoms with van der Waals surface area (Å²) in [5, 5.41) is 14.5. The van der Waals surface area contributed by atoms with Gasteiger partial charge in [0.1, 0.15) is 5.78 Å². The molecular formula is C24H19N3O2S. The number of carbonyl (C=O) groups excluding carboxylic acids is 2. The average molecular weight is 414 g/mol. The van der Waals surface area contributed by atoms with E-state index in [0.29, 0.717) is 23.5 Å². The first-order chi connectivity index (χ1) is 14.5. The van der Waals surface area contributed by atoms with Gasteiger partial charge in [0.15, 0.2) is 5.13 Å². The summed E-state index contributed by atoms with van der Waals surface area (Å²) in [6.45, 7) is 1.97. The average Bonchev–Trinajstić information content (AvgIpc) is 3.23. The molecule has 30 heavy (non-hydrogen) atoms. The molecule has 1 saturated carbocycles. The molecule has 3 aromatic rings. The van der Waals surface area contributed by atoms with Crippen LogP contribution in [0.2, 0.25) is 0 Å². The zero-order valence-electron chi connectivity index (χ0n) is 16.4. The van der Waals surface area contributed by atoms with E-state index in [1.165, 1.54) is 11.3 Å². The lowest BCUT2D eigenvalue weighted by Gasteiger charge is -2.48. The van der Waals surface area contributed by atoms with Gasteiger partial charge in [0.2, 0.25) is 5.91 Å². The molecule has 0 radical (unpaired) electrons. The fraction of sp³-hybridized carbons (Fsp3) is 0.250. The number of thiazole rings is 1. The van der Waals surface area contributed by atoms with Gasteiger partial charge in [-0.2, -0.15) is 5.26 Å². The number of nitrogens with one attached hydrogen (secondary N) is 1. The highest BCUT2D eigenvalue weighted by Gasteiger charge is 2.54. The van der Waals surface area contributed by atoms with Gasteiger partial charge in [-0.25, -0.2) is 4.98 Å². The van der Waals surface area contributed by atoms with Crippen LogP contribution in [0.3, 0.4) is 0 Å². The molecule has 3 aliphatic carbocycles. The van der Waals surface area contributed by atoms with Crippen LogP contribution in [0.5, 0.6) is 0 Å². The maximum Gasteiger partial charge on any atom is 0.232 e. The maximum atomic E-state index is 13.3. The number of nitrogens with zero attached hydrogens (tertiary/aromatic N) is 2. The van der Waals surface area contributed by atoms with Crippen LogP contribution in [-0.2, 0) is 9.59 Å². The number of anilines is 1. The van der Waals surface area contributed by atoms with Crippen molar-refractivity contribution in [3.8, 4) is 17.3 Å². The zero-order valence-corrected chi connectivity index (χ0v) is 17.2. The highest BCUT2D eigenvalue weighted by Crippen LogP contribution is 2.57. The molecule has 0 spiro atoms. The van der Waals surface area contributed by atoms with E-state index in [-0.39, 0.29) is 23.5 Å². The van der Waals surface area contributed by atoms with Crippen LogP contribution in [0.1, 0.15) is 48.3 Å². The predicted molar refractivity (Wildman–Crippen MR) is 115 cm³/mol. The van der Waals surface area contributed by atoms with Crippen molar-refractivity contribution in [2.24, 2.45) is 5.41 Å². The Balaban J connectivity index is 1.41. The Morgan fingerprint density at radius 3 is 2.83 bits per heavy atom. The molecule has 5 nitrogen and oxygen atoms in total. The van der Waals surface area contributed by atoms with Gasteiger partial charge in [0.05, 0.1) is 22.7 Å². The SMILES string of the molecule is CC1(C(=O)Nc2nc(-c3cccc(C#N)c3)cs2)CC2C(=O)CC1c1ccccc12. The van der Waals surface area contributed by atoms with Crippen molar-refractivity contribution in [2.45, 2.75) is 31.6 Å². The number of rotatable bonds is 3. The zero-order chi connectivity index (χ0) is 20.9. The third kappa shape index (κ3) is 2.86. The van der Waals surface area contributed by atoms with Gasteiger partial charge >= 0.3 is 0 Å². The van der Waals surface area contributed by atoms with Crippen LogP contribution in [0.25, 0.3) is 11.3 Å². The first kappa shape index (κ1) is 18.7. The number of ketones is 1. The molecule has 1 fully saturated rings. The van der Waals surface area contributed by atoms with Gasteiger partial charge in [0, 0.05) is 29.2 Å². The monoisotopic (exact) mass is 413 g/mol. The molecule has 6 heteroatoms. The van der Waals surface area contributed by atoms with Crippen molar-refractivity contribution in [1.29, 1.82) is 5.26 Å². The molecule has 1 N–H and O–H groups in total. The summed E-state index contributed by atoms with van der Waals surface area (Å²) in [5.74, 6) is -0.176. The summed E-state index contributed by atoms with van der Waals surface area (Å²) >= 11 is 1.36. The van der Waals surface area contributed by atoms with E-state index in [0.717, 1.165) is 22.4 Å². The predicted octanol–water partition coefficient (Wildman–Crippen LogP) is 4.87. The summed E-state index contributed by atoms with van der Waals surface area (Å²) in [6, 6.07) is 17.4. The minimum Gasteiger partial charge on any atom is -0.301 e. The number of fused-ring (bicyclic) bond motifs is 2. The highest BCUT2D eigenvalue weighted by molar-refractivity contribution is 7.14. The smallest absolute Gasteiger partial charge is 0.232 e. The van der Waals surface area contributed by atoms with Crippen LogP contribution in [-0.4, -0.2) is 16.7 Å². The summed E-state index contributed by atoms with van der Waals surface area (Å²) in [6.07, 6.45) is 0.942. The van der Waals surface area contributed by atoms with Crippen LogP contribution in [0.4, 0.5) is 5.13 Å². The van der Waals surface area contributed by atoms with E-state index in [1.807, 2.05) is 48.7 Å². The number of nitriles is 1. The Kier molecular flexibility index (Phi) is 4.30. The van der Waals surface area contributed by atoms with Crippen LogP contribution < -0.4 is 5.32 Å². The minimum absolute atomic E-state index is 0.0915. The van der Waals surface area contributed by atoms with Gasteiger partial charge in [0.25, 0.3) is 0 Å². The molecule has 1 amide bonds. The molecule has 2 aromatic carbocycles. The molecule has 148 valence electrons. The van der Waals surface area contributed by atoms with Crippen molar-refractivity contribution < 1.29 is 9.59 Å². The molecule has 3 atom stereocenters. The Bertz CT molecular complexity index is 1220. The second kappa shape index (κ2) is 6.89. The molecule has 1 aromatic heterocycles. The Morgan fingerprint density at radius 2 is 2.03 bits per heavy atom. The summed E-state index contributed by atoms with van der Waals surface area (Å²) < 4.78 is 0. The summed E-state index contributed by atoms with van der Waals surface area (Å²) in [4.78, 5) is 30.4. The third-order valence-corrected chi connectivity index (χ3v) is 7.23. The van der Waals surface area contributed by atoms with E-state index < -0.39 is 5.41 Å². The second-order valence-corrected chi connectivity index (χ2v) is 9.07. The maximum absolute atomic E-state index is 13.3. The first-order valence-electron chi connectivity index (χ1n) is 9.88. The van der Waals surface area contributed by atoms with Gasteiger partial charge in [-0.1, -0.05) is 43.3 Å². The van der Waals surface area contributed by atoms with Crippen molar-refractivity contribution in [3.05, 3.63) is 70.6 Å². The largest absolute Gasteiger partial charge is 0.301 e.